The molecule has 0 fully saturated rings. The average molecular weight is 323 g/mol. The third kappa shape index (κ3) is 6.39. The normalized spacial score (nSPS) is 11.0. The first-order valence-electron chi connectivity index (χ1n) is 7.13. The van der Waals surface area contributed by atoms with Crippen molar-refractivity contribution in [1.82, 2.24) is 10.2 Å². The molecule has 0 atom stereocenters. The smallest absolute Gasteiger partial charge is 0.319 e. The van der Waals surface area contributed by atoms with Gasteiger partial charge in [0.1, 0.15) is 0 Å². The lowest BCUT2D eigenvalue weighted by Gasteiger charge is -2.18. The van der Waals surface area contributed by atoms with Crippen LogP contribution in [-0.2, 0) is 4.79 Å². The van der Waals surface area contributed by atoms with Crippen molar-refractivity contribution in [3.63, 3.8) is 0 Å². The van der Waals surface area contributed by atoms with Gasteiger partial charge in [-0.3, -0.25) is 4.79 Å². The zero-order valence-electron chi connectivity index (χ0n) is 14.1. The Bertz CT molecular complexity index is 551. The number of thioether (sulfide) groups is 1. The number of likely N-dealkylation sites (N-methyl/N-ethyl adjacent to an activating group) is 1. The molecule has 2 N–H and O–H groups in total. The predicted octanol–water partition coefficient (Wildman–Crippen LogP) is 3.10. The van der Waals surface area contributed by atoms with E-state index in [0.717, 1.165) is 11.3 Å². The molecule has 0 saturated carbocycles. The van der Waals surface area contributed by atoms with Crippen molar-refractivity contribution in [1.29, 1.82) is 0 Å². The summed E-state index contributed by atoms with van der Waals surface area (Å²) in [5.74, 6) is -0.149. The Hall–Kier alpha value is -1.69. The molecule has 22 heavy (non-hydrogen) atoms. The average Bonchev–Trinajstić information content (AvgIpc) is 2.37. The van der Waals surface area contributed by atoms with Gasteiger partial charge in [-0.1, -0.05) is 20.8 Å². The fourth-order valence-corrected chi connectivity index (χ4v) is 2.75. The van der Waals surface area contributed by atoms with Crippen LogP contribution in [0.25, 0.3) is 0 Å². The Morgan fingerprint density at radius 1 is 1.23 bits per heavy atom. The molecule has 1 aromatic carbocycles. The summed E-state index contributed by atoms with van der Waals surface area (Å²) in [6.07, 6.45) is 0. The van der Waals surface area contributed by atoms with Gasteiger partial charge in [0.15, 0.2) is 0 Å². The minimum atomic E-state index is -0.380. The van der Waals surface area contributed by atoms with Gasteiger partial charge in [0.2, 0.25) is 5.91 Å². The number of carbonyl (C=O) groups is 2. The van der Waals surface area contributed by atoms with Crippen molar-refractivity contribution in [3.8, 4) is 0 Å². The van der Waals surface area contributed by atoms with Gasteiger partial charge in [-0.05, 0) is 30.7 Å². The quantitative estimate of drug-likeness (QED) is 0.837. The van der Waals surface area contributed by atoms with Gasteiger partial charge in [0.05, 0.1) is 6.54 Å². The molecule has 0 aliphatic rings. The second-order valence-electron chi connectivity index (χ2n) is 6.29. The molecule has 0 unspecified atom stereocenters. The monoisotopic (exact) mass is 323 g/mol. The molecule has 6 heteroatoms. The van der Waals surface area contributed by atoms with E-state index in [1.54, 1.807) is 25.9 Å². The van der Waals surface area contributed by atoms with E-state index in [0.29, 0.717) is 0 Å². The van der Waals surface area contributed by atoms with Crippen molar-refractivity contribution in [3.05, 3.63) is 23.8 Å². The largest absolute Gasteiger partial charge is 0.347 e. The van der Waals surface area contributed by atoms with Gasteiger partial charge < -0.3 is 15.5 Å². The zero-order chi connectivity index (χ0) is 16.9. The topological polar surface area (TPSA) is 61.4 Å². The van der Waals surface area contributed by atoms with Crippen molar-refractivity contribution in [2.45, 2.75) is 37.3 Å². The second kappa shape index (κ2) is 7.54. The Morgan fingerprint density at radius 2 is 1.86 bits per heavy atom. The SMILES string of the molecule is Cc1cc(SC(C)(C)C)ccc1NC(=O)NCC(=O)N(C)C. The third-order valence-electron chi connectivity index (χ3n) is 2.77. The molecule has 0 saturated heterocycles. The molecule has 0 heterocycles. The number of nitrogens with zero attached hydrogens (tertiary/aromatic N) is 1. The summed E-state index contributed by atoms with van der Waals surface area (Å²) in [5.41, 5.74) is 1.73. The van der Waals surface area contributed by atoms with Crippen molar-refractivity contribution in [2.75, 3.05) is 26.0 Å². The van der Waals surface area contributed by atoms with Gasteiger partial charge in [-0.2, -0.15) is 0 Å². The highest BCUT2D eigenvalue weighted by molar-refractivity contribution is 8.00. The molecule has 1 aromatic rings. The van der Waals surface area contributed by atoms with Crippen molar-refractivity contribution >= 4 is 29.4 Å². The number of aryl methyl sites for hydroxylation is 1. The maximum Gasteiger partial charge on any atom is 0.319 e. The Morgan fingerprint density at radius 3 is 2.36 bits per heavy atom. The standard InChI is InChI=1S/C16H25N3O2S/c1-11-9-12(22-16(2,3)4)7-8-13(11)18-15(21)17-10-14(20)19(5)6/h7-9H,10H2,1-6H3,(H2,17,18,21). The van der Waals surface area contributed by atoms with E-state index in [2.05, 4.69) is 37.5 Å². The van der Waals surface area contributed by atoms with Crippen LogP contribution in [0.15, 0.2) is 23.1 Å². The zero-order valence-corrected chi connectivity index (χ0v) is 14.9. The van der Waals surface area contributed by atoms with E-state index in [-0.39, 0.29) is 23.2 Å². The molecule has 0 aromatic heterocycles. The minimum absolute atomic E-state index is 0.0180. The fourth-order valence-electron chi connectivity index (χ4n) is 1.67. The highest BCUT2D eigenvalue weighted by atomic mass is 32.2. The lowest BCUT2D eigenvalue weighted by molar-refractivity contribution is -0.127. The number of rotatable bonds is 4. The number of anilines is 1. The molecule has 0 aliphatic carbocycles. The minimum Gasteiger partial charge on any atom is -0.347 e. The van der Waals surface area contributed by atoms with Crippen LogP contribution in [0.5, 0.6) is 0 Å². The predicted molar refractivity (Wildman–Crippen MR) is 92.5 cm³/mol. The summed E-state index contributed by atoms with van der Waals surface area (Å²) in [4.78, 5) is 25.8. The van der Waals surface area contributed by atoms with E-state index < -0.39 is 0 Å². The first-order valence-corrected chi connectivity index (χ1v) is 7.95. The molecule has 3 amide bonds. The van der Waals surface area contributed by atoms with Gasteiger partial charge in [-0.15, -0.1) is 11.8 Å². The third-order valence-corrected chi connectivity index (χ3v) is 3.87. The van der Waals surface area contributed by atoms with Crippen LogP contribution in [0.3, 0.4) is 0 Å². The molecule has 0 spiro atoms. The summed E-state index contributed by atoms with van der Waals surface area (Å²) in [5, 5.41) is 5.31. The van der Waals surface area contributed by atoms with Gasteiger partial charge in [0.25, 0.3) is 0 Å². The Kier molecular flexibility index (Phi) is 6.29. The van der Waals surface area contributed by atoms with E-state index in [4.69, 9.17) is 0 Å². The molecule has 0 radical (unpaired) electrons. The lowest BCUT2D eigenvalue weighted by Crippen LogP contribution is -2.38. The van der Waals surface area contributed by atoms with Crippen molar-refractivity contribution < 1.29 is 9.59 Å². The maximum absolute atomic E-state index is 11.8. The molecule has 5 nitrogen and oxygen atoms in total. The number of nitrogens with one attached hydrogen (secondary N) is 2. The maximum atomic E-state index is 11.8. The number of benzene rings is 1. The first-order chi connectivity index (χ1) is 10.1. The fraction of sp³-hybridized carbons (Fsp3) is 0.500. The summed E-state index contributed by atoms with van der Waals surface area (Å²) < 4.78 is 0.144. The molecule has 122 valence electrons. The molecule has 0 aliphatic heterocycles. The number of amides is 3. The number of hydrogen-bond acceptors (Lipinski definition) is 3. The lowest BCUT2D eigenvalue weighted by atomic mass is 10.2. The van der Waals surface area contributed by atoms with Crippen LogP contribution >= 0.6 is 11.8 Å². The van der Waals surface area contributed by atoms with Gasteiger partial charge in [0, 0.05) is 29.4 Å². The van der Waals surface area contributed by atoms with E-state index in [1.165, 1.54) is 9.80 Å². The van der Waals surface area contributed by atoms with Crippen molar-refractivity contribution in [2.24, 2.45) is 0 Å². The number of hydrogen-bond donors (Lipinski definition) is 2. The summed E-state index contributed by atoms with van der Waals surface area (Å²) in [6, 6.07) is 5.55. The summed E-state index contributed by atoms with van der Waals surface area (Å²) in [7, 11) is 3.30. The van der Waals surface area contributed by atoms with Gasteiger partial charge in [-0.25, -0.2) is 4.79 Å². The van der Waals surface area contributed by atoms with Crippen LogP contribution in [0.1, 0.15) is 26.3 Å². The van der Waals surface area contributed by atoms with Crippen LogP contribution < -0.4 is 10.6 Å². The number of carbonyl (C=O) groups excluding carboxylic acids is 2. The van der Waals surface area contributed by atoms with Crippen LogP contribution in [0.2, 0.25) is 0 Å². The highest BCUT2D eigenvalue weighted by Gasteiger charge is 2.13. The first kappa shape index (κ1) is 18.4. The summed E-state index contributed by atoms with van der Waals surface area (Å²) >= 11 is 1.78. The number of urea groups is 1. The van der Waals surface area contributed by atoms with E-state index in [9.17, 15) is 9.59 Å². The van der Waals surface area contributed by atoms with Crippen LogP contribution in [-0.4, -0.2) is 42.2 Å². The van der Waals surface area contributed by atoms with Crippen LogP contribution in [0.4, 0.5) is 10.5 Å². The molecule has 0 bridgehead atoms. The second-order valence-corrected chi connectivity index (χ2v) is 8.19. The van der Waals surface area contributed by atoms with E-state index >= 15 is 0 Å². The molecule has 1 rings (SSSR count). The molecular weight excluding hydrogens is 298 g/mol. The highest BCUT2D eigenvalue weighted by Crippen LogP contribution is 2.33. The van der Waals surface area contributed by atoms with Crippen LogP contribution in [0, 0.1) is 6.92 Å². The summed E-state index contributed by atoms with van der Waals surface area (Å²) in [6.45, 7) is 8.42. The Balaban J connectivity index is 2.63. The van der Waals surface area contributed by atoms with E-state index in [1.807, 2.05) is 19.1 Å². The van der Waals surface area contributed by atoms with Gasteiger partial charge >= 0.3 is 6.03 Å². The molecular formula is C16H25N3O2S. The Labute approximate surface area is 136 Å².